The molecule has 0 radical (unpaired) electrons. The number of carbonyl (C=O) groups is 2. The van der Waals surface area contributed by atoms with Gasteiger partial charge in [0.2, 0.25) is 0 Å². The van der Waals surface area contributed by atoms with Crippen LogP contribution in [-0.2, 0) is 0 Å². The van der Waals surface area contributed by atoms with E-state index in [2.05, 4.69) is 24.5 Å². The number of unbranched alkanes of at least 4 members (excludes halogenated alkanes) is 9. The van der Waals surface area contributed by atoms with E-state index in [0.29, 0.717) is 48.9 Å². The minimum Gasteiger partial charge on any atom is -0.493 e. The molecule has 6 heteroatoms. The number of amides is 2. The third kappa shape index (κ3) is 12.5. The monoisotopic (exact) mass is 524 g/mol. The van der Waals surface area contributed by atoms with Crippen molar-refractivity contribution in [2.24, 2.45) is 0 Å². The second-order valence-electron chi connectivity index (χ2n) is 9.74. The van der Waals surface area contributed by atoms with Gasteiger partial charge in [-0.3, -0.25) is 9.59 Å². The summed E-state index contributed by atoms with van der Waals surface area (Å²) in [6.07, 6.45) is 12.9. The highest BCUT2D eigenvalue weighted by Crippen LogP contribution is 2.19. The first-order chi connectivity index (χ1) is 18.7. The van der Waals surface area contributed by atoms with Crippen LogP contribution < -0.4 is 20.1 Å². The van der Waals surface area contributed by atoms with Crippen LogP contribution in [0, 0.1) is 0 Å². The summed E-state index contributed by atoms with van der Waals surface area (Å²) in [5.74, 6) is 1.13. The van der Waals surface area contributed by atoms with E-state index in [1.807, 2.05) is 48.5 Å². The zero-order valence-electron chi connectivity index (χ0n) is 23.6. The van der Waals surface area contributed by atoms with Gasteiger partial charge in [0, 0.05) is 13.1 Å². The van der Waals surface area contributed by atoms with E-state index >= 15 is 0 Å². The molecule has 0 saturated carbocycles. The molecule has 38 heavy (non-hydrogen) atoms. The van der Waals surface area contributed by atoms with Crippen molar-refractivity contribution in [1.29, 1.82) is 0 Å². The average molecular weight is 525 g/mol. The molecule has 0 aliphatic carbocycles. The molecule has 2 amide bonds. The molecular weight excluding hydrogens is 476 g/mol. The standard InChI is InChI=1S/C32H48N2O4/c1-3-5-7-17-25-37-29-21-13-11-19-27(29)31(35)33-23-15-9-10-16-24-34-32(36)28-20-12-14-22-30(28)38-26-18-8-6-4-2/h11-14,19-22H,3-10,15-18,23-26H2,1-2H3,(H,33,35)(H,34,36). The SMILES string of the molecule is CCCCCCOc1ccccc1C(=O)NCCCCCCNC(=O)c1ccccc1OCCCCCC. The topological polar surface area (TPSA) is 76.7 Å². The third-order valence-electron chi connectivity index (χ3n) is 6.45. The molecule has 6 nitrogen and oxygen atoms in total. The zero-order chi connectivity index (χ0) is 27.3. The van der Waals surface area contributed by atoms with Crippen molar-refractivity contribution in [2.75, 3.05) is 26.3 Å². The molecule has 0 heterocycles. The highest BCUT2D eigenvalue weighted by Gasteiger charge is 2.12. The molecule has 0 aromatic heterocycles. The molecule has 0 unspecified atom stereocenters. The maximum Gasteiger partial charge on any atom is 0.255 e. The molecular formula is C32H48N2O4. The summed E-state index contributed by atoms with van der Waals surface area (Å²) in [4.78, 5) is 25.3. The van der Waals surface area contributed by atoms with Crippen molar-refractivity contribution >= 4 is 11.8 Å². The van der Waals surface area contributed by atoms with Crippen LogP contribution >= 0.6 is 0 Å². The molecule has 0 spiro atoms. The first kappa shape index (κ1) is 31.2. The largest absolute Gasteiger partial charge is 0.493 e. The highest BCUT2D eigenvalue weighted by molar-refractivity contribution is 5.97. The van der Waals surface area contributed by atoms with Gasteiger partial charge < -0.3 is 20.1 Å². The van der Waals surface area contributed by atoms with Crippen LogP contribution in [0.4, 0.5) is 0 Å². The fourth-order valence-corrected chi connectivity index (χ4v) is 4.18. The van der Waals surface area contributed by atoms with E-state index in [4.69, 9.17) is 9.47 Å². The third-order valence-corrected chi connectivity index (χ3v) is 6.45. The number of hydrogen-bond acceptors (Lipinski definition) is 4. The molecule has 0 saturated heterocycles. The van der Waals surface area contributed by atoms with Gasteiger partial charge in [-0.2, -0.15) is 0 Å². The summed E-state index contributed by atoms with van der Waals surface area (Å²) in [6.45, 7) is 6.90. The lowest BCUT2D eigenvalue weighted by molar-refractivity contribution is 0.0938. The summed E-state index contributed by atoms with van der Waals surface area (Å²) < 4.78 is 11.7. The summed E-state index contributed by atoms with van der Waals surface area (Å²) in [7, 11) is 0. The van der Waals surface area contributed by atoms with Gasteiger partial charge in [-0.25, -0.2) is 0 Å². The summed E-state index contributed by atoms with van der Waals surface area (Å²) in [6, 6.07) is 14.9. The lowest BCUT2D eigenvalue weighted by Crippen LogP contribution is -2.26. The van der Waals surface area contributed by atoms with E-state index in [1.54, 1.807) is 0 Å². The number of nitrogens with one attached hydrogen (secondary N) is 2. The van der Waals surface area contributed by atoms with E-state index in [1.165, 1.54) is 25.7 Å². The van der Waals surface area contributed by atoms with Crippen molar-refractivity contribution < 1.29 is 19.1 Å². The van der Waals surface area contributed by atoms with Crippen molar-refractivity contribution in [2.45, 2.75) is 90.9 Å². The van der Waals surface area contributed by atoms with Gasteiger partial charge in [-0.15, -0.1) is 0 Å². The molecule has 0 atom stereocenters. The van der Waals surface area contributed by atoms with Crippen molar-refractivity contribution in [3.63, 3.8) is 0 Å². The summed E-state index contributed by atoms with van der Waals surface area (Å²) in [5.41, 5.74) is 1.19. The number of carbonyl (C=O) groups excluding carboxylic acids is 2. The number of ether oxygens (including phenoxy) is 2. The average Bonchev–Trinajstić information content (AvgIpc) is 2.94. The Morgan fingerprint density at radius 2 is 0.947 bits per heavy atom. The number of rotatable bonds is 21. The Balaban J connectivity index is 1.60. The van der Waals surface area contributed by atoms with Gasteiger partial charge >= 0.3 is 0 Å². The van der Waals surface area contributed by atoms with Gasteiger partial charge in [0.05, 0.1) is 24.3 Å². The molecule has 2 rings (SSSR count). The lowest BCUT2D eigenvalue weighted by Gasteiger charge is -2.12. The Hall–Kier alpha value is -3.02. The van der Waals surface area contributed by atoms with Crippen molar-refractivity contribution in [1.82, 2.24) is 10.6 Å². The Labute approximate surface area is 229 Å². The molecule has 0 fully saturated rings. The normalized spacial score (nSPS) is 10.7. The predicted octanol–water partition coefficient (Wildman–Crippen LogP) is 7.33. The quantitative estimate of drug-likeness (QED) is 0.168. The van der Waals surface area contributed by atoms with E-state index in [-0.39, 0.29) is 11.8 Å². The molecule has 0 aliphatic rings. The second kappa shape index (κ2) is 20.0. The molecule has 0 aliphatic heterocycles. The van der Waals surface area contributed by atoms with Gasteiger partial charge in [0.1, 0.15) is 11.5 Å². The number of benzene rings is 2. The van der Waals surface area contributed by atoms with Crippen LogP contribution in [0.25, 0.3) is 0 Å². The molecule has 0 bridgehead atoms. The van der Waals surface area contributed by atoms with Crippen molar-refractivity contribution in [3.05, 3.63) is 59.7 Å². The summed E-state index contributed by atoms with van der Waals surface area (Å²) >= 11 is 0. The Morgan fingerprint density at radius 1 is 0.553 bits per heavy atom. The fourth-order valence-electron chi connectivity index (χ4n) is 4.18. The lowest BCUT2D eigenvalue weighted by atomic mass is 10.1. The second-order valence-corrected chi connectivity index (χ2v) is 9.74. The van der Waals surface area contributed by atoms with Gasteiger partial charge in [0.25, 0.3) is 11.8 Å². The van der Waals surface area contributed by atoms with E-state index < -0.39 is 0 Å². The number of hydrogen-bond donors (Lipinski definition) is 2. The first-order valence-electron chi connectivity index (χ1n) is 14.7. The van der Waals surface area contributed by atoms with Gasteiger partial charge in [-0.1, -0.05) is 89.5 Å². The summed E-state index contributed by atoms with van der Waals surface area (Å²) in [5, 5.41) is 6.02. The minimum atomic E-state index is -0.0901. The maximum absolute atomic E-state index is 12.6. The Kier molecular flexibility index (Phi) is 16.4. The minimum absolute atomic E-state index is 0.0901. The van der Waals surface area contributed by atoms with E-state index in [9.17, 15) is 9.59 Å². The maximum atomic E-state index is 12.6. The fraction of sp³-hybridized carbons (Fsp3) is 0.562. The Morgan fingerprint density at radius 3 is 1.37 bits per heavy atom. The molecule has 210 valence electrons. The van der Waals surface area contributed by atoms with Crippen LogP contribution in [0.3, 0.4) is 0 Å². The van der Waals surface area contributed by atoms with Crippen molar-refractivity contribution in [3.8, 4) is 11.5 Å². The molecule has 2 aromatic carbocycles. The number of para-hydroxylation sites is 2. The van der Waals surface area contributed by atoms with Gasteiger partial charge in [0.15, 0.2) is 0 Å². The predicted molar refractivity (Wildman–Crippen MR) is 155 cm³/mol. The van der Waals surface area contributed by atoms with E-state index in [0.717, 1.165) is 51.4 Å². The smallest absolute Gasteiger partial charge is 0.255 e. The van der Waals surface area contributed by atoms with Crippen LogP contribution in [0.2, 0.25) is 0 Å². The van der Waals surface area contributed by atoms with Crippen LogP contribution in [0.15, 0.2) is 48.5 Å². The molecule has 2 aromatic rings. The van der Waals surface area contributed by atoms with Gasteiger partial charge in [-0.05, 0) is 49.9 Å². The zero-order valence-corrected chi connectivity index (χ0v) is 23.6. The molecule has 2 N–H and O–H groups in total. The van der Waals surface area contributed by atoms with Crippen LogP contribution in [0.5, 0.6) is 11.5 Å². The highest BCUT2D eigenvalue weighted by atomic mass is 16.5. The Bertz CT molecular complexity index is 856. The van der Waals surface area contributed by atoms with Crippen LogP contribution in [-0.4, -0.2) is 38.1 Å². The van der Waals surface area contributed by atoms with Crippen LogP contribution in [0.1, 0.15) is 112 Å². The first-order valence-corrected chi connectivity index (χ1v) is 14.7.